The number of Topliss-reactive ketones (excluding diaryl/α,β-unsaturated/α-hetero) is 1. The van der Waals surface area contributed by atoms with E-state index in [1.807, 2.05) is 30.0 Å². The van der Waals surface area contributed by atoms with E-state index >= 15 is 0 Å². The fourth-order valence-corrected chi connectivity index (χ4v) is 5.00. The molecule has 1 fully saturated rings. The number of halogens is 1. The first kappa shape index (κ1) is 21.4. The molecule has 2 atom stereocenters. The number of unbranched alkanes of at least 4 members (excludes halogenated alkanes) is 1. The van der Waals surface area contributed by atoms with E-state index in [2.05, 4.69) is 13.8 Å². The van der Waals surface area contributed by atoms with Crippen LogP contribution in [0, 0.1) is 11.8 Å². The molecule has 1 heterocycles. The molecule has 0 N–H and O–H groups in total. The summed E-state index contributed by atoms with van der Waals surface area (Å²) in [5, 5.41) is -0.475. The number of anilines is 1. The van der Waals surface area contributed by atoms with Crippen molar-refractivity contribution in [3.63, 3.8) is 0 Å². The number of fused-ring (bicyclic) bond motifs is 1. The van der Waals surface area contributed by atoms with Gasteiger partial charge >= 0.3 is 0 Å². The lowest BCUT2D eigenvalue weighted by molar-refractivity contribution is -0.123. The van der Waals surface area contributed by atoms with Crippen molar-refractivity contribution >= 4 is 29.0 Å². The largest absolute Gasteiger partial charge is 0.309 e. The number of benzene rings is 1. The van der Waals surface area contributed by atoms with Gasteiger partial charge in [0.05, 0.1) is 5.38 Å². The highest BCUT2D eigenvalue weighted by molar-refractivity contribution is 6.33. The highest BCUT2D eigenvalue weighted by Gasteiger charge is 2.36. The van der Waals surface area contributed by atoms with Crippen LogP contribution in [0.2, 0.25) is 0 Å². The van der Waals surface area contributed by atoms with Crippen LogP contribution in [0.4, 0.5) is 5.69 Å². The number of nitrogens with zero attached hydrogens (tertiary/aromatic N) is 1. The Labute approximate surface area is 174 Å². The number of carbonyl (C=O) groups is 2. The van der Waals surface area contributed by atoms with E-state index in [4.69, 9.17) is 11.6 Å². The second kappa shape index (κ2) is 9.43. The minimum absolute atomic E-state index is 0.0187. The third-order valence-electron chi connectivity index (χ3n) is 6.62. The van der Waals surface area contributed by atoms with Crippen molar-refractivity contribution in [3.05, 3.63) is 29.3 Å². The number of alkyl halides is 1. The van der Waals surface area contributed by atoms with Crippen LogP contribution in [0.1, 0.15) is 88.1 Å². The first-order chi connectivity index (χ1) is 13.5. The Bertz CT molecular complexity index is 709. The highest BCUT2D eigenvalue weighted by atomic mass is 35.5. The summed E-state index contributed by atoms with van der Waals surface area (Å²) in [5.74, 6) is 1.22. The first-order valence-electron chi connectivity index (χ1n) is 11.1. The maximum Gasteiger partial charge on any atom is 0.230 e. The van der Waals surface area contributed by atoms with Gasteiger partial charge in [0.1, 0.15) is 0 Å². The highest BCUT2D eigenvalue weighted by Crippen LogP contribution is 2.38. The van der Waals surface area contributed by atoms with E-state index in [1.165, 1.54) is 32.1 Å². The van der Waals surface area contributed by atoms with Crippen molar-refractivity contribution in [2.24, 2.45) is 11.8 Å². The lowest BCUT2D eigenvalue weighted by Gasteiger charge is -2.32. The Hall–Kier alpha value is -1.35. The quantitative estimate of drug-likeness (QED) is 0.403. The second-order valence-electron chi connectivity index (χ2n) is 8.70. The molecule has 0 saturated heterocycles. The van der Waals surface area contributed by atoms with Crippen molar-refractivity contribution in [1.82, 2.24) is 0 Å². The van der Waals surface area contributed by atoms with E-state index in [-0.39, 0.29) is 23.7 Å². The Kier molecular flexibility index (Phi) is 7.20. The Balaban J connectivity index is 1.69. The van der Waals surface area contributed by atoms with Crippen LogP contribution in [-0.4, -0.2) is 23.1 Å². The van der Waals surface area contributed by atoms with Crippen molar-refractivity contribution in [2.75, 3.05) is 4.90 Å². The normalized spacial score (nSPS) is 25.4. The van der Waals surface area contributed by atoms with E-state index < -0.39 is 5.38 Å². The number of ketones is 1. The molecule has 4 heteroatoms. The summed E-state index contributed by atoms with van der Waals surface area (Å²) >= 11 is 6.14. The van der Waals surface area contributed by atoms with Gasteiger partial charge in [-0.2, -0.15) is 0 Å². The zero-order chi connectivity index (χ0) is 20.3. The van der Waals surface area contributed by atoms with Crippen LogP contribution in [0.5, 0.6) is 0 Å². The number of carbonyl (C=O) groups excluding carboxylic acids is 2. The molecule has 1 aliphatic heterocycles. The topological polar surface area (TPSA) is 37.4 Å². The molecule has 154 valence electrons. The monoisotopic (exact) mass is 403 g/mol. The Morgan fingerprint density at radius 2 is 1.89 bits per heavy atom. The van der Waals surface area contributed by atoms with E-state index in [1.54, 1.807) is 0 Å². The lowest BCUT2D eigenvalue weighted by atomic mass is 9.79. The molecule has 0 spiro atoms. The van der Waals surface area contributed by atoms with Gasteiger partial charge in [-0.1, -0.05) is 33.1 Å². The zero-order valence-electron chi connectivity index (χ0n) is 17.5. The molecule has 1 aromatic rings. The molecule has 0 aromatic heterocycles. The van der Waals surface area contributed by atoms with Gasteiger partial charge in [0.15, 0.2) is 5.78 Å². The molecule has 3 rings (SSSR count). The van der Waals surface area contributed by atoms with E-state index in [9.17, 15) is 9.59 Å². The molecule has 2 unspecified atom stereocenters. The summed E-state index contributed by atoms with van der Waals surface area (Å²) in [6.45, 7) is 6.28. The number of hydrogen-bond donors (Lipinski definition) is 0. The summed E-state index contributed by atoms with van der Waals surface area (Å²) in [6.07, 6.45) is 9.73. The molecular formula is C24H34ClNO2. The predicted octanol–water partition coefficient (Wildman–Crippen LogP) is 6.16. The molecule has 2 aliphatic rings. The van der Waals surface area contributed by atoms with Crippen LogP contribution in [0.25, 0.3) is 0 Å². The van der Waals surface area contributed by atoms with Gasteiger partial charge in [-0.25, -0.2) is 0 Å². The standard InChI is InChI=1S/C24H34ClNO2/c1-4-6-7-17-8-10-18(11-9-17)24(28)26-16(3)14-20-15-19(12-13-22(20)26)23(27)21(25)5-2/h12-13,15-18,21H,4-11,14H2,1-3H3. The molecule has 1 saturated carbocycles. The number of rotatable bonds is 7. The minimum atomic E-state index is -0.475. The summed E-state index contributed by atoms with van der Waals surface area (Å²) < 4.78 is 0. The minimum Gasteiger partial charge on any atom is -0.309 e. The summed E-state index contributed by atoms with van der Waals surface area (Å²) in [7, 11) is 0. The molecule has 1 aliphatic carbocycles. The van der Waals surface area contributed by atoms with Crippen LogP contribution >= 0.6 is 11.6 Å². The van der Waals surface area contributed by atoms with Crippen LogP contribution in [0.15, 0.2) is 18.2 Å². The van der Waals surface area contributed by atoms with Gasteiger partial charge in [-0.15, -0.1) is 11.6 Å². The fraction of sp³-hybridized carbons (Fsp3) is 0.667. The van der Waals surface area contributed by atoms with Crippen molar-refractivity contribution in [3.8, 4) is 0 Å². The van der Waals surface area contributed by atoms with Crippen LogP contribution in [0.3, 0.4) is 0 Å². The summed E-state index contributed by atoms with van der Waals surface area (Å²) in [4.78, 5) is 27.7. The van der Waals surface area contributed by atoms with E-state index in [0.29, 0.717) is 12.0 Å². The van der Waals surface area contributed by atoms with Gasteiger partial charge in [-0.05, 0) is 75.1 Å². The van der Waals surface area contributed by atoms with Crippen molar-refractivity contribution in [1.29, 1.82) is 0 Å². The molecule has 3 nitrogen and oxygen atoms in total. The maximum absolute atomic E-state index is 13.3. The maximum atomic E-state index is 13.3. The van der Waals surface area contributed by atoms with Crippen molar-refractivity contribution in [2.45, 2.75) is 90.0 Å². The Morgan fingerprint density at radius 3 is 2.54 bits per heavy atom. The Morgan fingerprint density at radius 1 is 1.18 bits per heavy atom. The fourth-order valence-electron chi connectivity index (χ4n) is 4.87. The molecule has 0 bridgehead atoms. The van der Waals surface area contributed by atoms with Gasteiger partial charge in [0.2, 0.25) is 5.91 Å². The number of hydrogen-bond acceptors (Lipinski definition) is 2. The smallest absolute Gasteiger partial charge is 0.230 e. The molecule has 0 radical (unpaired) electrons. The number of amides is 1. The molecule has 1 aromatic carbocycles. The third kappa shape index (κ3) is 4.45. The zero-order valence-corrected chi connectivity index (χ0v) is 18.3. The van der Waals surface area contributed by atoms with Gasteiger partial charge in [0, 0.05) is 23.2 Å². The van der Waals surface area contributed by atoms with Crippen LogP contribution in [-0.2, 0) is 11.2 Å². The van der Waals surface area contributed by atoms with Crippen molar-refractivity contribution < 1.29 is 9.59 Å². The average molecular weight is 404 g/mol. The van der Waals surface area contributed by atoms with Gasteiger partial charge < -0.3 is 4.90 Å². The summed E-state index contributed by atoms with van der Waals surface area (Å²) in [5.41, 5.74) is 2.76. The third-order valence-corrected chi connectivity index (χ3v) is 7.13. The summed E-state index contributed by atoms with van der Waals surface area (Å²) in [6, 6.07) is 5.90. The lowest BCUT2D eigenvalue weighted by Crippen LogP contribution is -2.41. The van der Waals surface area contributed by atoms with E-state index in [0.717, 1.165) is 36.4 Å². The van der Waals surface area contributed by atoms with Crippen LogP contribution < -0.4 is 4.90 Å². The molecule has 1 amide bonds. The van der Waals surface area contributed by atoms with Gasteiger partial charge in [-0.3, -0.25) is 9.59 Å². The SMILES string of the molecule is CCCCC1CCC(C(=O)N2c3ccc(C(=O)C(Cl)CC)cc3CC2C)CC1. The van der Waals surface area contributed by atoms with Gasteiger partial charge in [0.25, 0.3) is 0 Å². The second-order valence-corrected chi connectivity index (χ2v) is 9.23. The predicted molar refractivity (Wildman–Crippen MR) is 116 cm³/mol. The molecular weight excluding hydrogens is 370 g/mol. The average Bonchev–Trinajstić information content (AvgIpc) is 3.05. The first-order valence-corrected chi connectivity index (χ1v) is 11.5. The molecule has 28 heavy (non-hydrogen) atoms.